The van der Waals surface area contributed by atoms with Crippen molar-refractivity contribution in [3.63, 3.8) is 0 Å². The Morgan fingerprint density at radius 3 is 2.53 bits per heavy atom. The SMILES string of the molecule is CCC(C(N)=O)n1nnc(C(=O)O)c1C. The molecule has 7 heteroatoms. The summed E-state index contributed by atoms with van der Waals surface area (Å²) in [6.07, 6.45) is 0.443. The van der Waals surface area contributed by atoms with Crippen molar-refractivity contribution in [3.8, 4) is 0 Å². The Morgan fingerprint density at radius 2 is 2.20 bits per heavy atom. The van der Waals surface area contributed by atoms with Gasteiger partial charge in [-0.2, -0.15) is 0 Å². The van der Waals surface area contributed by atoms with Crippen molar-refractivity contribution < 1.29 is 14.7 Å². The van der Waals surface area contributed by atoms with Gasteiger partial charge >= 0.3 is 5.97 Å². The van der Waals surface area contributed by atoms with Gasteiger partial charge in [0.05, 0.1) is 5.69 Å². The van der Waals surface area contributed by atoms with Crippen molar-refractivity contribution >= 4 is 11.9 Å². The quantitative estimate of drug-likeness (QED) is 0.713. The van der Waals surface area contributed by atoms with Crippen LogP contribution in [0.5, 0.6) is 0 Å². The van der Waals surface area contributed by atoms with Crippen molar-refractivity contribution in [2.75, 3.05) is 0 Å². The second-order valence-corrected chi connectivity index (χ2v) is 3.10. The van der Waals surface area contributed by atoms with Gasteiger partial charge in [-0.25, -0.2) is 9.48 Å². The molecule has 0 spiro atoms. The summed E-state index contributed by atoms with van der Waals surface area (Å²) in [5.41, 5.74) is 5.33. The van der Waals surface area contributed by atoms with Gasteiger partial charge in [-0.1, -0.05) is 12.1 Å². The molecule has 1 heterocycles. The largest absolute Gasteiger partial charge is 0.476 e. The van der Waals surface area contributed by atoms with Crippen molar-refractivity contribution in [1.82, 2.24) is 15.0 Å². The molecular weight excluding hydrogens is 200 g/mol. The van der Waals surface area contributed by atoms with Gasteiger partial charge in [-0.15, -0.1) is 5.10 Å². The molecule has 1 amide bonds. The fourth-order valence-electron chi connectivity index (χ4n) is 1.33. The van der Waals surface area contributed by atoms with E-state index in [1.165, 1.54) is 11.6 Å². The summed E-state index contributed by atoms with van der Waals surface area (Å²) in [7, 11) is 0. The minimum Gasteiger partial charge on any atom is -0.476 e. The number of rotatable bonds is 4. The molecule has 7 nitrogen and oxygen atoms in total. The molecule has 15 heavy (non-hydrogen) atoms. The van der Waals surface area contributed by atoms with Crippen LogP contribution >= 0.6 is 0 Å². The van der Waals surface area contributed by atoms with Gasteiger partial charge in [0.15, 0.2) is 5.69 Å². The predicted molar refractivity (Wildman–Crippen MR) is 50.2 cm³/mol. The molecule has 0 aliphatic carbocycles. The zero-order valence-corrected chi connectivity index (χ0v) is 8.47. The predicted octanol–water partition coefficient (Wildman–Crippen LogP) is -0.279. The molecule has 3 N–H and O–H groups in total. The molecule has 1 aromatic rings. The number of aromatic carboxylic acids is 1. The van der Waals surface area contributed by atoms with E-state index < -0.39 is 17.9 Å². The Hall–Kier alpha value is -1.92. The number of nitrogens with zero attached hydrogens (tertiary/aromatic N) is 3. The van der Waals surface area contributed by atoms with E-state index in [0.29, 0.717) is 12.1 Å². The number of carboxylic acid groups (broad SMARTS) is 1. The van der Waals surface area contributed by atoms with E-state index in [1.807, 2.05) is 0 Å². The van der Waals surface area contributed by atoms with Crippen molar-refractivity contribution in [2.45, 2.75) is 26.3 Å². The fourth-order valence-corrected chi connectivity index (χ4v) is 1.33. The van der Waals surface area contributed by atoms with Crippen LogP contribution in [0.25, 0.3) is 0 Å². The van der Waals surface area contributed by atoms with Gasteiger partial charge < -0.3 is 10.8 Å². The summed E-state index contributed by atoms with van der Waals surface area (Å²) < 4.78 is 1.24. The third kappa shape index (κ3) is 1.95. The number of carboxylic acids is 1. The molecule has 0 aliphatic heterocycles. The topological polar surface area (TPSA) is 111 Å². The molecular formula is C8H12N4O3. The maximum atomic E-state index is 11.0. The Morgan fingerprint density at radius 1 is 1.60 bits per heavy atom. The van der Waals surface area contributed by atoms with Crippen LogP contribution in [0, 0.1) is 6.92 Å². The number of primary amides is 1. The summed E-state index contributed by atoms with van der Waals surface area (Å²) >= 11 is 0. The summed E-state index contributed by atoms with van der Waals surface area (Å²) in [6.45, 7) is 3.30. The highest BCUT2D eigenvalue weighted by molar-refractivity contribution is 5.86. The first kappa shape index (κ1) is 11.2. The minimum atomic E-state index is -1.17. The molecule has 0 saturated heterocycles. The second-order valence-electron chi connectivity index (χ2n) is 3.10. The van der Waals surface area contributed by atoms with Crippen molar-refractivity contribution in [1.29, 1.82) is 0 Å². The normalized spacial score (nSPS) is 12.4. The average Bonchev–Trinajstić information content (AvgIpc) is 2.49. The summed E-state index contributed by atoms with van der Waals surface area (Å²) in [6, 6.07) is -0.648. The van der Waals surface area contributed by atoms with Gasteiger partial charge in [-0.3, -0.25) is 4.79 Å². The van der Waals surface area contributed by atoms with E-state index in [1.54, 1.807) is 6.92 Å². The Balaban J connectivity index is 3.15. The Kier molecular flexibility index (Phi) is 3.03. The van der Waals surface area contributed by atoms with Gasteiger partial charge in [0, 0.05) is 0 Å². The second kappa shape index (κ2) is 4.07. The smallest absolute Gasteiger partial charge is 0.358 e. The molecule has 0 saturated carbocycles. The van der Waals surface area contributed by atoms with Gasteiger partial charge in [-0.05, 0) is 13.3 Å². The lowest BCUT2D eigenvalue weighted by Crippen LogP contribution is -2.27. The average molecular weight is 212 g/mol. The third-order valence-electron chi connectivity index (χ3n) is 2.14. The minimum absolute atomic E-state index is 0.158. The number of hydrogen-bond acceptors (Lipinski definition) is 4. The van der Waals surface area contributed by atoms with Crippen LogP contribution in [-0.4, -0.2) is 32.0 Å². The molecule has 0 radical (unpaired) electrons. The van der Waals surface area contributed by atoms with Crippen molar-refractivity contribution in [3.05, 3.63) is 11.4 Å². The Labute approximate surface area is 85.9 Å². The number of carbonyl (C=O) groups excluding carboxylic acids is 1. The third-order valence-corrected chi connectivity index (χ3v) is 2.14. The highest BCUT2D eigenvalue weighted by atomic mass is 16.4. The first-order valence-electron chi connectivity index (χ1n) is 4.43. The number of nitrogens with two attached hydrogens (primary N) is 1. The zero-order valence-electron chi connectivity index (χ0n) is 8.47. The van der Waals surface area contributed by atoms with Gasteiger partial charge in [0.1, 0.15) is 6.04 Å². The monoisotopic (exact) mass is 212 g/mol. The van der Waals surface area contributed by atoms with E-state index in [2.05, 4.69) is 10.3 Å². The van der Waals surface area contributed by atoms with Crippen molar-refractivity contribution in [2.24, 2.45) is 5.73 Å². The number of aromatic nitrogens is 3. The van der Waals surface area contributed by atoms with Crippen LogP contribution in [0.1, 0.15) is 35.6 Å². The Bertz CT molecular complexity index is 399. The van der Waals surface area contributed by atoms with E-state index >= 15 is 0 Å². The lowest BCUT2D eigenvalue weighted by atomic mass is 10.2. The molecule has 0 fully saturated rings. The van der Waals surface area contributed by atoms with Crippen LogP contribution in [-0.2, 0) is 4.79 Å². The van der Waals surface area contributed by atoms with Crippen LogP contribution in [0.3, 0.4) is 0 Å². The van der Waals surface area contributed by atoms with E-state index in [-0.39, 0.29) is 5.69 Å². The first-order valence-corrected chi connectivity index (χ1v) is 4.43. The van der Waals surface area contributed by atoms with Gasteiger partial charge in [0.2, 0.25) is 5.91 Å². The number of amides is 1. The van der Waals surface area contributed by atoms with Crippen LogP contribution < -0.4 is 5.73 Å². The molecule has 0 aliphatic rings. The molecule has 0 bridgehead atoms. The van der Waals surface area contributed by atoms with Crippen LogP contribution in [0.2, 0.25) is 0 Å². The fraction of sp³-hybridized carbons (Fsp3) is 0.500. The highest BCUT2D eigenvalue weighted by Gasteiger charge is 2.23. The standard InChI is InChI=1S/C8H12N4O3/c1-3-5(7(9)13)12-4(2)6(8(14)15)10-11-12/h5H,3H2,1-2H3,(H2,9,13)(H,14,15). The molecule has 1 rings (SSSR count). The molecule has 1 atom stereocenters. The molecule has 1 aromatic heterocycles. The molecule has 1 unspecified atom stereocenters. The summed E-state index contributed by atoms with van der Waals surface area (Å²) in [5, 5.41) is 15.8. The molecule has 0 aromatic carbocycles. The lowest BCUT2D eigenvalue weighted by molar-refractivity contribution is -0.121. The van der Waals surface area contributed by atoms with Crippen LogP contribution in [0.15, 0.2) is 0 Å². The number of hydrogen-bond donors (Lipinski definition) is 2. The summed E-state index contributed by atoms with van der Waals surface area (Å²) in [4.78, 5) is 21.7. The van der Waals surface area contributed by atoms with Gasteiger partial charge in [0.25, 0.3) is 0 Å². The van der Waals surface area contributed by atoms with E-state index in [9.17, 15) is 9.59 Å². The zero-order chi connectivity index (χ0) is 11.6. The maximum absolute atomic E-state index is 11.0. The van der Waals surface area contributed by atoms with E-state index in [4.69, 9.17) is 10.8 Å². The van der Waals surface area contributed by atoms with Crippen LogP contribution in [0.4, 0.5) is 0 Å². The summed E-state index contributed by atoms with van der Waals surface area (Å²) in [5.74, 6) is -1.72. The number of carbonyl (C=O) groups is 2. The van der Waals surface area contributed by atoms with E-state index in [0.717, 1.165) is 0 Å². The first-order chi connectivity index (χ1) is 6.99. The maximum Gasteiger partial charge on any atom is 0.358 e. The highest BCUT2D eigenvalue weighted by Crippen LogP contribution is 2.14. The lowest BCUT2D eigenvalue weighted by Gasteiger charge is -2.11. The molecule has 82 valence electrons.